The number of aryl methyl sites for hydroxylation is 1. The van der Waals surface area contributed by atoms with Gasteiger partial charge in [0.05, 0.1) is 6.10 Å². The largest absolute Gasteiger partial charge is 0.381 e. The maximum Gasteiger partial charge on any atom is 0.270 e. The van der Waals surface area contributed by atoms with E-state index >= 15 is 0 Å². The van der Waals surface area contributed by atoms with E-state index in [9.17, 15) is 4.79 Å². The van der Waals surface area contributed by atoms with E-state index in [-0.39, 0.29) is 11.9 Å². The van der Waals surface area contributed by atoms with Gasteiger partial charge in [-0.05, 0) is 44.2 Å². The number of nitrogens with one attached hydrogen (secondary N) is 1. The molecule has 0 atom stereocenters. The third-order valence-corrected chi connectivity index (χ3v) is 4.41. The van der Waals surface area contributed by atoms with Crippen molar-refractivity contribution in [1.82, 2.24) is 19.9 Å². The number of pyridine rings is 1. The zero-order valence-electron chi connectivity index (χ0n) is 13.5. The highest BCUT2D eigenvalue weighted by molar-refractivity contribution is 5.94. The van der Waals surface area contributed by atoms with Gasteiger partial charge in [0.1, 0.15) is 17.8 Å². The lowest BCUT2D eigenvalue weighted by Crippen LogP contribution is -2.39. The summed E-state index contributed by atoms with van der Waals surface area (Å²) >= 11 is 0. The Bertz CT molecular complexity index is 661. The van der Waals surface area contributed by atoms with E-state index in [1.165, 1.54) is 0 Å². The number of methoxy groups -OCH3 is 1. The number of hydrogen-bond donors (Lipinski definition) is 1. The van der Waals surface area contributed by atoms with Crippen LogP contribution >= 0.6 is 0 Å². The summed E-state index contributed by atoms with van der Waals surface area (Å²) in [5.41, 5.74) is 1.35. The van der Waals surface area contributed by atoms with Crippen molar-refractivity contribution < 1.29 is 9.53 Å². The van der Waals surface area contributed by atoms with E-state index in [0.717, 1.165) is 31.2 Å². The number of carbonyl (C=O) groups excluding carboxylic acids is 1. The van der Waals surface area contributed by atoms with Crippen LogP contribution in [0.3, 0.4) is 0 Å². The van der Waals surface area contributed by atoms with Gasteiger partial charge < -0.3 is 10.1 Å². The van der Waals surface area contributed by atoms with Crippen molar-refractivity contribution in [3.05, 3.63) is 42.1 Å². The smallest absolute Gasteiger partial charge is 0.270 e. The molecule has 2 aromatic heterocycles. The zero-order valence-corrected chi connectivity index (χ0v) is 13.5. The number of carbonyl (C=O) groups is 1. The van der Waals surface area contributed by atoms with Crippen LogP contribution in [0.1, 0.15) is 41.7 Å². The summed E-state index contributed by atoms with van der Waals surface area (Å²) in [5, 5.41) is 3.11. The number of ether oxygens (including phenoxy) is 1. The maximum atomic E-state index is 12.6. The molecule has 0 spiro atoms. The Kier molecular flexibility index (Phi) is 4.71. The SMILES string of the molecule is CO[C@H]1CC[C@H](NC(=O)c2nc(-n3ccnc3)ccc2C)CC1. The molecule has 6 nitrogen and oxygen atoms in total. The Balaban J connectivity index is 1.71. The van der Waals surface area contributed by atoms with Gasteiger partial charge in [0, 0.05) is 25.5 Å². The van der Waals surface area contributed by atoms with Gasteiger partial charge >= 0.3 is 0 Å². The third kappa shape index (κ3) is 3.59. The molecule has 1 N–H and O–H groups in total. The highest BCUT2D eigenvalue weighted by Crippen LogP contribution is 2.21. The summed E-state index contributed by atoms with van der Waals surface area (Å²) < 4.78 is 7.16. The molecular formula is C17H22N4O2. The van der Waals surface area contributed by atoms with Gasteiger partial charge in [-0.3, -0.25) is 9.36 Å². The molecule has 122 valence electrons. The molecule has 1 amide bonds. The lowest BCUT2D eigenvalue weighted by Gasteiger charge is -2.28. The first kappa shape index (κ1) is 15.7. The second kappa shape index (κ2) is 6.91. The second-order valence-electron chi connectivity index (χ2n) is 5.99. The Hall–Kier alpha value is -2.21. The first-order valence-corrected chi connectivity index (χ1v) is 7.97. The first-order chi connectivity index (χ1) is 11.2. The van der Waals surface area contributed by atoms with Crippen molar-refractivity contribution in [2.75, 3.05) is 7.11 Å². The lowest BCUT2D eigenvalue weighted by atomic mass is 9.93. The second-order valence-corrected chi connectivity index (χ2v) is 5.99. The highest BCUT2D eigenvalue weighted by Gasteiger charge is 2.23. The molecule has 0 radical (unpaired) electrons. The molecule has 3 rings (SSSR count). The van der Waals surface area contributed by atoms with Crippen LogP contribution in [-0.2, 0) is 4.74 Å². The topological polar surface area (TPSA) is 69.0 Å². The summed E-state index contributed by atoms with van der Waals surface area (Å²) in [6.07, 6.45) is 9.38. The Labute approximate surface area is 135 Å². The van der Waals surface area contributed by atoms with Gasteiger partial charge in [0.15, 0.2) is 0 Å². The van der Waals surface area contributed by atoms with Gasteiger partial charge in [-0.1, -0.05) is 6.07 Å². The quantitative estimate of drug-likeness (QED) is 0.940. The monoisotopic (exact) mass is 314 g/mol. The molecule has 0 bridgehead atoms. The predicted molar refractivity (Wildman–Crippen MR) is 86.6 cm³/mol. The molecule has 1 fully saturated rings. The van der Waals surface area contributed by atoms with Gasteiger partial charge in [-0.2, -0.15) is 0 Å². The molecule has 2 aromatic rings. The van der Waals surface area contributed by atoms with Crippen LogP contribution < -0.4 is 5.32 Å². The first-order valence-electron chi connectivity index (χ1n) is 7.97. The van der Waals surface area contributed by atoms with Gasteiger partial charge in [0.2, 0.25) is 0 Å². The number of imidazole rings is 1. The van der Waals surface area contributed by atoms with Crippen molar-refractivity contribution in [2.45, 2.75) is 44.8 Å². The van der Waals surface area contributed by atoms with Gasteiger partial charge in [0.25, 0.3) is 5.91 Å². The van der Waals surface area contributed by atoms with E-state index in [4.69, 9.17) is 4.74 Å². The molecule has 0 aliphatic heterocycles. The number of nitrogens with zero attached hydrogens (tertiary/aromatic N) is 3. The van der Waals surface area contributed by atoms with Crippen molar-refractivity contribution in [3.63, 3.8) is 0 Å². The fourth-order valence-electron chi connectivity index (χ4n) is 2.98. The van der Waals surface area contributed by atoms with Crippen LogP contribution in [0.2, 0.25) is 0 Å². The van der Waals surface area contributed by atoms with E-state index in [1.54, 1.807) is 24.2 Å². The third-order valence-electron chi connectivity index (χ3n) is 4.41. The van der Waals surface area contributed by atoms with Crippen molar-refractivity contribution in [1.29, 1.82) is 0 Å². The fraction of sp³-hybridized carbons (Fsp3) is 0.471. The summed E-state index contributed by atoms with van der Waals surface area (Å²) in [6.45, 7) is 1.90. The van der Waals surface area contributed by atoms with Crippen molar-refractivity contribution in [2.24, 2.45) is 0 Å². The Morgan fingerprint density at radius 3 is 2.74 bits per heavy atom. The summed E-state index contributed by atoms with van der Waals surface area (Å²) in [4.78, 5) is 21.1. The summed E-state index contributed by atoms with van der Waals surface area (Å²) in [5.74, 6) is 0.590. The fourth-order valence-corrected chi connectivity index (χ4v) is 2.98. The molecule has 1 saturated carbocycles. The van der Waals surface area contributed by atoms with Crippen LogP contribution in [0.5, 0.6) is 0 Å². The van der Waals surface area contributed by atoms with E-state index < -0.39 is 0 Å². The Morgan fingerprint density at radius 2 is 2.09 bits per heavy atom. The molecular weight excluding hydrogens is 292 g/mol. The van der Waals surface area contributed by atoms with Crippen LogP contribution in [0, 0.1) is 6.92 Å². The minimum absolute atomic E-state index is 0.106. The average Bonchev–Trinajstić information content (AvgIpc) is 3.10. The summed E-state index contributed by atoms with van der Waals surface area (Å²) in [6, 6.07) is 4.00. The average molecular weight is 314 g/mol. The molecule has 23 heavy (non-hydrogen) atoms. The molecule has 0 unspecified atom stereocenters. The molecule has 1 aliphatic rings. The van der Waals surface area contributed by atoms with Crippen LogP contribution in [-0.4, -0.2) is 39.7 Å². The van der Waals surface area contributed by atoms with E-state index in [1.807, 2.05) is 25.3 Å². The molecule has 0 aromatic carbocycles. The van der Waals surface area contributed by atoms with Crippen LogP contribution in [0.4, 0.5) is 0 Å². The zero-order chi connectivity index (χ0) is 16.2. The minimum Gasteiger partial charge on any atom is -0.381 e. The van der Waals surface area contributed by atoms with E-state index in [2.05, 4.69) is 15.3 Å². The Morgan fingerprint density at radius 1 is 1.30 bits per heavy atom. The molecule has 1 aliphatic carbocycles. The molecule has 2 heterocycles. The van der Waals surface area contributed by atoms with Crippen LogP contribution in [0.15, 0.2) is 30.9 Å². The van der Waals surface area contributed by atoms with Crippen molar-refractivity contribution in [3.8, 4) is 5.82 Å². The molecule has 0 saturated heterocycles. The number of hydrogen-bond acceptors (Lipinski definition) is 4. The predicted octanol–water partition coefficient (Wildman–Crippen LogP) is 2.26. The van der Waals surface area contributed by atoms with Crippen molar-refractivity contribution >= 4 is 5.91 Å². The summed E-state index contributed by atoms with van der Waals surface area (Å²) in [7, 11) is 1.75. The van der Waals surface area contributed by atoms with Crippen LogP contribution in [0.25, 0.3) is 5.82 Å². The molecule has 6 heteroatoms. The highest BCUT2D eigenvalue weighted by atomic mass is 16.5. The van der Waals surface area contributed by atoms with E-state index in [0.29, 0.717) is 17.6 Å². The normalized spacial score (nSPS) is 21.1. The number of rotatable bonds is 4. The van der Waals surface area contributed by atoms with Gasteiger partial charge in [-0.15, -0.1) is 0 Å². The lowest BCUT2D eigenvalue weighted by molar-refractivity contribution is 0.0598. The number of amides is 1. The maximum absolute atomic E-state index is 12.6. The van der Waals surface area contributed by atoms with Gasteiger partial charge in [-0.25, -0.2) is 9.97 Å². The number of aromatic nitrogens is 3. The minimum atomic E-state index is -0.106. The standard InChI is InChI=1S/C17H22N4O2/c1-12-3-8-15(21-10-9-18-11-21)20-16(12)17(22)19-13-4-6-14(23-2)7-5-13/h3,8-11,13-14H,4-7H2,1-2H3,(H,19,22)/t13-,14-.